The molecule has 38 heavy (non-hydrogen) atoms. The molecule has 3 nitrogen and oxygen atoms in total. The van der Waals surface area contributed by atoms with Gasteiger partial charge in [-0.3, -0.25) is 4.90 Å². The van der Waals surface area contributed by atoms with Gasteiger partial charge in [0.15, 0.2) is 0 Å². The highest BCUT2D eigenvalue weighted by molar-refractivity contribution is 5.87. The Bertz CT molecular complexity index is 1390. The summed E-state index contributed by atoms with van der Waals surface area (Å²) < 4.78 is 5.50. The zero-order valence-corrected chi connectivity index (χ0v) is 22.0. The second-order valence-corrected chi connectivity index (χ2v) is 10.3. The largest absolute Gasteiger partial charge is 0.379 e. The quantitative estimate of drug-likeness (QED) is 0.421. The van der Waals surface area contributed by atoms with Gasteiger partial charge in [-0.25, -0.2) is 0 Å². The molecule has 7 rings (SSSR count). The first-order chi connectivity index (χ1) is 18.8. The Hall–Kier alpha value is -3.66. The third-order valence-electron chi connectivity index (χ3n) is 7.92. The number of rotatable bonds is 3. The van der Waals surface area contributed by atoms with Crippen LogP contribution in [0.15, 0.2) is 97.4 Å². The van der Waals surface area contributed by atoms with Gasteiger partial charge in [0.2, 0.25) is 0 Å². The molecule has 0 amide bonds. The molecule has 1 N–H and O–H groups in total. The SMILES string of the molecule is C1=C(c2cccc(CN3CCOCC3)c2)CCc2c1ccc1c2CCc2ccccc2-1.C1=CC=CNC=C1. The van der Waals surface area contributed by atoms with E-state index in [0.29, 0.717) is 0 Å². The second kappa shape index (κ2) is 11.8. The summed E-state index contributed by atoms with van der Waals surface area (Å²) in [5, 5.41) is 2.92. The fraction of sp³-hybridized carbons (Fsp3) is 0.257. The molecule has 0 atom stereocenters. The Morgan fingerprint density at radius 1 is 0.711 bits per heavy atom. The standard InChI is InChI=1S/C29H29NO.C6H7N/c1-2-7-26-22(5-1)8-12-29-27-11-9-24(19-25(27)10-13-28(26)29)23-6-3-4-21(18-23)20-30-14-16-31-17-15-30;1-2-4-6-7-5-3-1/h1-7,10,13,18-19H,8-9,11-12,14-17,20H2;1-7H. The zero-order valence-electron chi connectivity index (χ0n) is 22.0. The molecule has 1 fully saturated rings. The summed E-state index contributed by atoms with van der Waals surface area (Å²) in [6.07, 6.45) is 18.7. The van der Waals surface area contributed by atoms with Crippen LogP contribution in [0.4, 0.5) is 0 Å². The lowest BCUT2D eigenvalue weighted by Gasteiger charge is -2.27. The molecule has 3 aromatic rings. The molecule has 4 aliphatic rings. The Balaban J connectivity index is 0.000000330. The van der Waals surface area contributed by atoms with Crippen molar-refractivity contribution in [1.29, 1.82) is 0 Å². The number of aryl methyl sites for hydroxylation is 1. The van der Waals surface area contributed by atoms with Crippen LogP contribution < -0.4 is 5.32 Å². The first kappa shape index (κ1) is 24.7. The van der Waals surface area contributed by atoms with E-state index in [1.165, 1.54) is 51.8 Å². The van der Waals surface area contributed by atoms with Crippen molar-refractivity contribution in [2.75, 3.05) is 26.3 Å². The second-order valence-electron chi connectivity index (χ2n) is 10.3. The van der Waals surface area contributed by atoms with Gasteiger partial charge in [0.05, 0.1) is 13.2 Å². The van der Waals surface area contributed by atoms with Crippen LogP contribution in [0.3, 0.4) is 0 Å². The molecular weight excluding hydrogens is 464 g/mol. The normalized spacial score (nSPS) is 17.6. The van der Waals surface area contributed by atoms with E-state index in [9.17, 15) is 0 Å². The van der Waals surface area contributed by atoms with E-state index in [4.69, 9.17) is 4.74 Å². The summed E-state index contributed by atoms with van der Waals surface area (Å²) >= 11 is 0. The van der Waals surface area contributed by atoms with Gasteiger partial charge >= 0.3 is 0 Å². The maximum Gasteiger partial charge on any atom is 0.0594 e. The third-order valence-corrected chi connectivity index (χ3v) is 7.92. The Morgan fingerprint density at radius 3 is 2.39 bits per heavy atom. The van der Waals surface area contributed by atoms with Gasteiger partial charge in [0.25, 0.3) is 0 Å². The number of allylic oxidation sites excluding steroid dienone is 5. The first-order valence-electron chi connectivity index (χ1n) is 13.9. The number of nitrogens with one attached hydrogen (secondary N) is 1. The van der Waals surface area contributed by atoms with E-state index in [0.717, 1.165) is 45.7 Å². The fourth-order valence-corrected chi connectivity index (χ4v) is 5.98. The third kappa shape index (κ3) is 5.60. The van der Waals surface area contributed by atoms with Gasteiger partial charge in [-0.15, -0.1) is 0 Å². The Morgan fingerprint density at radius 2 is 1.53 bits per heavy atom. The van der Waals surface area contributed by atoms with Crippen molar-refractivity contribution in [3.05, 3.63) is 131 Å². The average molecular weight is 501 g/mol. The van der Waals surface area contributed by atoms with Gasteiger partial charge in [0.1, 0.15) is 0 Å². The van der Waals surface area contributed by atoms with Crippen LogP contribution in [0.5, 0.6) is 0 Å². The summed E-state index contributed by atoms with van der Waals surface area (Å²) in [6, 6.07) is 22.8. The van der Waals surface area contributed by atoms with E-state index in [1.807, 2.05) is 36.7 Å². The lowest BCUT2D eigenvalue weighted by atomic mass is 9.78. The minimum atomic E-state index is 0.858. The number of nitrogens with zero attached hydrogens (tertiary/aromatic N) is 1. The Labute approximate surface area is 226 Å². The van der Waals surface area contributed by atoms with E-state index in [-0.39, 0.29) is 0 Å². The van der Waals surface area contributed by atoms with Crippen LogP contribution in [0.2, 0.25) is 0 Å². The minimum absolute atomic E-state index is 0.858. The molecule has 2 aliphatic carbocycles. The topological polar surface area (TPSA) is 24.5 Å². The molecular formula is C35H36N2O. The lowest BCUT2D eigenvalue weighted by molar-refractivity contribution is 0.0342. The van der Waals surface area contributed by atoms with Crippen LogP contribution >= 0.6 is 0 Å². The molecule has 2 aliphatic heterocycles. The number of benzene rings is 3. The summed E-state index contributed by atoms with van der Waals surface area (Å²) in [6.45, 7) is 4.81. The van der Waals surface area contributed by atoms with Crippen molar-refractivity contribution in [2.45, 2.75) is 32.2 Å². The van der Waals surface area contributed by atoms with Crippen LogP contribution in [-0.4, -0.2) is 31.2 Å². The predicted octanol–water partition coefficient (Wildman–Crippen LogP) is 6.94. The molecule has 2 heterocycles. The molecule has 0 spiro atoms. The molecule has 3 heteroatoms. The maximum atomic E-state index is 5.50. The average Bonchev–Trinajstić information content (AvgIpc) is 3.31. The van der Waals surface area contributed by atoms with Gasteiger partial charge in [0, 0.05) is 32.0 Å². The van der Waals surface area contributed by atoms with Crippen LogP contribution in [0.25, 0.3) is 22.8 Å². The van der Waals surface area contributed by atoms with Crippen molar-refractivity contribution in [2.24, 2.45) is 0 Å². The van der Waals surface area contributed by atoms with Gasteiger partial charge < -0.3 is 10.1 Å². The van der Waals surface area contributed by atoms with Crippen molar-refractivity contribution >= 4 is 11.6 Å². The van der Waals surface area contributed by atoms with E-state index in [1.54, 1.807) is 11.1 Å². The van der Waals surface area contributed by atoms with Gasteiger partial charge in [-0.1, -0.05) is 78.9 Å². The van der Waals surface area contributed by atoms with Crippen molar-refractivity contribution in [1.82, 2.24) is 10.2 Å². The molecule has 0 bridgehead atoms. The highest BCUT2D eigenvalue weighted by Crippen LogP contribution is 2.40. The van der Waals surface area contributed by atoms with Crippen molar-refractivity contribution in [3.63, 3.8) is 0 Å². The first-order valence-corrected chi connectivity index (χ1v) is 13.9. The van der Waals surface area contributed by atoms with Crippen LogP contribution in [0, 0.1) is 0 Å². The number of hydrogen-bond donors (Lipinski definition) is 1. The smallest absolute Gasteiger partial charge is 0.0594 e. The minimum Gasteiger partial charge on any atom is -0.379 e. The highest BCUT2D eigenvalue weighted by Gasteiger charge is 2.22. The molecule has 0 aromatic heterocycles. The van der Waals surface area contributed by atoms with E-state index < -0.39 is 0 Å². The number of morpholine rings is 1. The van der Waals surface area contributed by atoms with Crippen LogP contribution in [0.1, 0.15) is 39.8 Å². The monoisotopic (exact) mass is 500 g/mol. The van der Waals surface area contributed by atoms with Crippen LogP contribution in [-0.2, 0) is 30.5 Å². The number of fused-ring (bicyclic) bond motifs is 5. The Kier molecular flexibility index (Phi) is 7.66. The molecule has 192 valence electrons. The molecule has 0 saturated carbocycles. The maximum absolute atomic E-state index is 5.50. The summed E-state index contributed by atoms with van der Waals surface area (Å²) in [4.78, 5) is 2.50. The summed E-state index contributed by atoms with van der Waals surface area (Å²) in [7, 11) is 0. The summed E-state index contributed by atoms with van der Waals surface area (Å²) in [5.74, 6) is 0. The molecule has 0 radical (unpaired) electrons. The van der Waals surface area contributed by atoms with Crippen molar-refractivity contribution in [3.8, 4) is 11.1 Å². The van der Waals surface area contributed by atoms with Gasteiger partial charge in [-0.2, -0.15) is 0 Å². The van der Waals surface area contributed by atoms with E-state index in [2.05, 4.69) is 77.0 Å². The number of hydrogen-bond acceptors (Lipinski definition) is 3. The van der Waals surface area contributed by atoms with E-state index >= 15 is 0 Å². The zero-order chi connectivity index (χ0) is 25.6. The fourth-order valence-electron chi connectivity index (χ4n) is 5.98. The molecule has 1 saturated heterocycles. The molecule has 3 aromatic carbocycles. The summed E-state index contributed by atoms with van der Waals surface area (Å²) in [5.41, 5.74) is 13.3. The van der Waals surface area contributed by atoms with Crippen molar-refractivity contribution < 1.29 is 4.74 Å². The predicted molar refractivity (Wildman–Crippen MR) is 159 cm³/mol. The number of ether oxygens (including phenoxy) is 1. The highest BCUT2D eigenvalue weighted by atomic mass is 16.5. The lowest BCUT2D eigenvalue weighted by Crippen LogP contribution is -2.35. The molecule has 0 unspecified atom stereocenters. The van der Waals surface area contributed by atoms with Gasteiger partial charge in [-0.05, 0) is 87.9 Å².